The quantitative estimate of drug-likeness (QED) is 0.699. The highest BCUT2D eigenvalue weighted by Crippen LogP contribution is 2.27. The Bertz CT molecular complexity index is 360. The number of nitriles is 1. The predicted molar refractivity (Wildman–Crippen MR) is 53.8 cm³/mol. The van der Waals surface area contributed by atoms with Gasteiger partial charge in [-0.05, 0) is 12.1 Å². The first-order valence-electron chi connectivity index (χ1n) is 4.58. The van der Waals surface area contributed by atoms with Gasteiger partial charge in [0.05, 0.1) is 32.0 Å². The van der Waals surface area contributed by atoms with Crippen molar-refractivity contribution in [3.8, 4) is 17.6 Å². The second kappa shape index (κ2) is 5.86. The molecule has 15 heavy (non-hydrogen) atoms. The molecule has 0 spiro atoms. The number of halogens is 1. The number of benzene rings is 1. The molecule has 4 heteroatoms. The van der Waals surface area contributed by atoms with Crippen LogP contribution in [-0.4, -0.2) is 20.4 Å². The van der Waals surface area contributed by atoms with Gasteiger partial charge in [0.1, 0.15) is 0 Å². The Hall–Kier alpha value is -1.76. The van der Waals surface area contributed by atoms with Gasteiger partial charge in [0.15, 0.2) is 11.5 Å². The van der Waals surface area contributed by atoms with Gasteiger partial charge in [-0.3, -0.25) is 4.39 Å². The number of methoxy groups -OCH3 is 1. The average Bonchev–Trinajstić information content (AvgIpc) is 2.29. The van der Waals surface area contributed by atoms with Gasteiger partial charge in [-0.25, -0.2) is 0 Å². The molecule has 0 N–H and O–H groups in total. The van der Waals surface area contributed by atoms with E-state index in [-0.39, 0.29) is 6.61 Å². The van der Waals surface area contributed by atoms with Crippen molar-refractivity contribution in [2.75, 3.05) is 20.4 Å². The number of rotatable bonds is 5. The number of hydrogen-bond donors (Lipinski definition) is 0. The van der Waals surface area contributed by atoms with Gasteiger partial charge < -0.3 is 9.47 Å². The Morgan fingerprint density at radius 3 is 2.80 bits per heavy atom. The lowest BCUT2D eigenvalue weighted by atomic mass is 10.2. The highest BCUT2D eigenvalue weighted by atomic mass is 19.1. The van der Waals surface area contributed by atoms with E-state index in [0.29, 0.717) is 23.5 Å². The van der Waals surface area contributed by atoms with Crippen molar-refractivity contribution >= 4 is 0 Å². The van der Waals surface area contributed by atoms with Crippen LogP contribution in [-0.2, 0) is 0 Å². The number of alkyl halides is 1. The minimum atomic E-state index is -0.416. The number of hydrogen-bond acceptors (Lipinski definition) is 3. The third-order valence-corrected chi connectivity index (χ3v) is 1.83. The summed E-state index contributed by atoms with van der Waals surface area (Å²) in [7, 11) is 1.52. The molecule has 0 heterocycles. The van der Waals surface area contributed by atoms with Crippen LogP contribution >= 0.6 is 0 Å². The lowest BCUT2D eigenvalue weighted by Crippen LogP contribution is -2.00. The van der Waals surface area contributed by atoms with E-state index in [2.05, 4.69) is 0 Å². The number of nitrogens with zero attached hydrogens (tertiary/aromatic N) is 1. The molecule has 0 aromatic heterocycles. The summed E-state index contributed by atoms with van der Waals surface area (Å²) in [6, 6.07) is 6.88. The van der Waals surface area contributed by atoms with Gasteiger partial charge in [-0.1, -0.05) is 0 Å². The van der Waals surface area contributed by atoms with Crippen molar-refractivity contribution in [1.29, 1.82) is 5.26 Å². The summed E-state index contributed by atoms with van der Waals surface area (Å²) in [4.78, 5) is 0. The van der Waals surface area contributed by atoms with Gasteiger partial charge in [0.2, 0.25) is 0 Å². The van der Waals surface area contributed by atoms with E-state index in [1.165, 1.54) is 7.11 Å². The van der Waals surface area contributed by atoms with Crippen LogP contribution in [0.5, 0.6) is 11.5 Å². The van der Waals surface area contributed by atoms with Crippen molar-refractivity contribution in [1.82, 2.24) is 0 Å². The Morgan fingerprint density at radius 2 is 2.20 bits per heavy atom. The summed E-state index contributed by atoms with van der Waals surface area (Å²) in [5, 5.41) is 8.69. The summed E-state index contributed by atoms with van der Waals surface area (Å²) < 4.78 is 22.2. The van der Waals surface area contributed by atoms with E-state index in [9.17, 15) is 4.39 Å². The molecule has 3 nitrogen and oxygen atoms in total. The summed E-state index contributed by atoms with van der Waals surface area (Å²) >= 11 is 0. The van der Waals surface area contributed by atoms with Gasteiger partial charge >= 0.3 is 0 Å². The molecule has 1 rings (SSSR count). The van der Waals surface area contributed by atoms with E-state index in [4.69, 9.17) is 14.7 Å². The molecule has 1 aromatic rings. The predicted octanol–water partition coefficient (Wildman–Crippen LogP) is 2.31. The van der Waals surface area contributed by atoms with E-state index in [1.807, 2.05) is 6.07 Å². The molecule has 1 aromatic carbocycles. The monoisotopic (exact) mass is 209 g/mol. The highest BCUT2D eigenvalue weighted by molar-refractivity contribution is 5.46. The molecule has 0 aliphatic rings. The topological polar surface area (TPSA) is 42.2 Å². The molecular weight excluding hydrogens is 197 g/mol. The Kier molecular flexibility index (Phi) is 4.42. The van der Waals surface area contributed by atoms with Crippen LogP contribution in [0.4, 0.5) is 4.39 Å². The van der Waals surface area contributed by atoms with Crippen LogP contribution in [0.3, 0.4) is 0 Å². The van der Waals surface area contributed by atoms with Gasteiger partial charge in [0.25, 0.3) is 0 Å². The lowest BCUT2D eigenvalue weighted by molar-refractivity contribution is 0.274. The molecule has 0 atom stereocenters. The van der Waals surface area contributed by atoms with E-state index >= 15 is 0 Å². The van der Waals surface area contributed by atoms with Gasteiger partial charge in [-0.2, -0.15) is 5.26 Å². The molecule has 0 fully saturated rings. The molecular formula is C11H12FNO2. The molecule has 0 radical (unpaired) electrons. The zero-order valence-corrected chi connectivity index (χ0v) is 8.50. The first-order valence-corrected chi connectivity index (χ1v) is 4.58. The summed E-state index contributed by atoms with van der Waals surface area (Å²) in [6.45, 7) is -0.137. The minimum Gasteiger partial charge on any atom is -0.493 e. The van der Waals surface area contributed by atoms with Crippen molar-refractivity contribution in [3.05, 3.63) is 23.8 Å². The van der Waals surface area contributed by atoms with Crippen LogP contribution in [0, 0.1) is 11.3 Å². The molecule has 0 saturated heterocycles. The van der Waals surface area contributed by atoms with Crippen molar-refractivity contribution in [2.45, 2.75) is 6.42 Å². The maximum Gasteiger partial charge on any atom is 0.162 e. The van der Waals surface area contributed by atoms with Crippen LogP contribution in [0.2, 0.25) is 0 Å². The van der Waals surface area contributed by atoms with Crippen LogP contribution in [0.1, 0.15) is 12.0 Å². The minimum absolute atomic E-state index is 0.280. The van der Waals surface area contributed by atoms with E-state index < -0.39 is 6.67 Å². The highest BCUT2D eigenvalue weighted by Gasteiger charge is 2.05. The number of ether oxygens (including phenoxy) is 2. The molecule has 0 unspecified atom stereocenters. The van der Waals surface area contributed by atoms with E-state index in [1.54, 1.807) is 18.2 Å². The fourth-order valence-electron chi connectivity index (χ4n) is 1.10. The normalized spacial score (nSPS) is 9.40. The Labute approximate surface area is 88.0 Å². The van der Waals surface area contributed by atoms with Crippen LogP contribution in [0.15, 0.2) is 18.2 Å². The molecule has 0 aliphatic carbocycles. The van der Waals surface area contributed by atoms with Crippen LogP contribution in [0.25, 0.3) is 0 Å². The first-order chi connectivity index (χ1) is 7.31. The molecule has 0 bridgehead atoms. The Morgan fingerprint density at radius 1 is 1.40 bits per heavy atom. The standard InChI is InChI=1S/C11H12FNO2/c1-14-10-4-3-9(8-13)7-11(10)15-6-2-5-12/h3-4,7H,2,5-6H2,1H3. The largest absolute Gasteiger partial charge is 0.493 e. The lowest BCUT2D eigenvalue weighted by Gasteiger charge is -2.09. The third kappa shape index (κ3) is 3.13. The molecule has 0 saturated carbocycles. The molecule has 0 aliphatic heterocycles. The van der Waals surface area contributed by atoms with Crippen molar-refractivity contribution < 1.29 is 13.9 Å². The second-order valence-electron chi connectivity index (χ2n) is 2.87. The Balaban J connectivity index is 2.78. The maximum atomic E-state index is 11.9. The summed E-state index contributed by atoms with van der Waals surface area (Å²) in [5.74, 6) is 1.03. The van der Waals surface area contributed by atoms with Crippen LogP contribution < -0.4 is 9.47 Å². The third-order valence-electron chi connectivity index (χ3n) is 1.83. The summed E-state index contributed by atoms with van der Waals surface area (Å²) in [6.07, 6.45) is 0.333. The second-order valence-corrected chi connectivity index (χ2v) is 2.87. The van der Waals surface area contributed by atoms with Crippen molar-refractivity contribution in [3.63, 3.8) is 0 Å². The first kappa shape index (κ1) is 11.3. The zero-order chi connectivity index (χ0) is 11.1. The van der Waals surface area contributed by atoms with Crippen molar-refractivity contribution in [2.24, 2.45) is 0 Å². The smallest absolute Gasteiger partial charge is 0.162 e. The fraction of sp³-hybridized carbons (Fsp3) is 0.364. The van der Waals surface area contributed by atoms with Gasteiger partial charge in [0, 0.05) is 12.5 Å². The summed E-state index contributed by atoms with van der Waals surface area (Å²) in [5.41, 5.74) is 0.492. The molecule has 80 valence electrons. The fourth-order valence-corrected chi connectivity index (χ4v) is 1.10. The maximum absolute atomic E-state index is 11.9. The SMILES string of the molecule is COc1ccc(C#N)cc1OCCCF. The van der Waals surface area contributed by atoms with Gasteiger partial charge in [-0.15, -0.1) is 0 Å². The zero-order valence-electron chi connectivity index (χ0n) is 8.50. The van der Waals surface area contributed by atoms with E-state index in [0.717, 1.165) is 0 Å². The average molecular weight is 209 g/mol. The molecule has 0 amide bonds.